The fourth-order valence-corrected chi connectivity index (χ4v) is 1.74. The molecule has 0 aliphatic carbocycles. The second-order valence-corrected chi connectivity index (χ2v) is 4.61. The molecule has 1 heterocycles. The van der Waals surface area contributed by atoms with E-state index in [2.05, 4.69) is 15.3 Å². The van der Waals surface area contributed by atoms with Crippen molar-refractivity contribution in [3.8, 4) is 0 Å². The third-order valence-electron chi connectivity index (χ3n) is 2.14. The minimum Gasteiger partial charge on any atom is -0.480 e. The van der Waals surface area contributed by atoms with Crippen LogP contribution in [0.15, 0.2) is 11.4 Å². The number of carbonyl (C=O) groups is 2. The molecule has 1 aromatic heterocycles. The highest BCUT2D eigenvalue weighted by molar-refractivity contribution is 7.98. The van der Waals surface area contributed by atoms with Crippen LogP contribution in [-0.2, 0) is 4.79 Å². The highest BCUT2D eigenvalue weighted by atomic mass is 35.5. The summed E-state index contributed by atoms with van der Waals surface area (Å²) in [4.78, 5) is 30.5. The Morgan fingerprint density at radius 3 is 2.79 bits per heavy atom. The van der Waals surface area contributed by atoms with Crippen molar-refractivity contribution >= 4 is 35.2 Å². The first-order chi connectivity index (χ1) is 8.99. The molecule has 1 atom stereocenters. The van der Waals surface area contributed by atoms with Crippen molar-refractivity contribution in [2.24, 2.45) is 0 Å². The van der Waals surface area contributed by atoms with Gasteiger partial charge in [0.25, 0.3) is 5.91 Å². The minimum atomic E-state index is -1.24. The van der Waals surface area contributed by atoms with Gasteiger partial charge >= 0.3 is 5.97 Å². The van der Waals surface area contributed by atoms with Gasteiger partial charge in [-0.2, -0.15) is 0 Å². The first-order valence-electron chi connectivity index (χ1n) is 5.20. The molecule has 9 heteroatoms. The van der Waals surface area contributed by atoms with Gasteiger partial charge in [0.15, 0.2) is 10.9 Å². The maximum Gasteiger partial charge on any atom is 0.326 e. The van der Waals surface area contributed by atoms with Crippen LogP contribution in [0.25, 0.3) is 0 Å². The number of aromatic nitrogens is 2. The van der Waals surface area contributed by atoms with E-state index in [9.17, 15) is 9.59 Å². The maximum absolute atomic E-state index is 11.9. The number of hydrogen-bond acceptors (Lipinski definition) is 6. The summed E-state index contributed by atoms with van der Waals surface area (Å²) in [6.07, 6.45) is 2.91. The Morgan fingerprint density at radius 1 is 1.58 bits per heavy atom. The summed E-state index contributed by atoms with van der Waals surface area (Å²) in [5.41, 5.74) is -0.0924. The number of carboxylic acids is 1. The molecule has 1 unspecified atom stereocenters. The minimum absolute atomic E-state index is 0.0310. The van der Waals surface area contributed by atoms with Crippen LogP contribution < -0.4 is 5.32 Å². The predicted molar refractivity (Wildman–Crippen MR) is 69.4 cm³/mol. The third-order valence-corrected chi connectivity index (χ3v) is 2.98. The Bertz CT molecular complexity index is 486. The average molecular weight is 306 g/mol. The van der Waals surface area contributed by atoms with Crippen molar-refractivity contribution in [2.75, 3.05) is 12.9 Å². The zero-order chi connectivity index (χ0) is 14.4. The van der Waals surface area contributed by atoms with Crippen LogP contribution >= 0.6 is 23.4 Å². The van der Waals surface area contributed by atoms with Gasteiger partial charge in [-0.1, -0.05) is 23.4 Å². The number of carbonyl (C=O) groups excluding carboxylic acids is 1. The fourth-order valence-electron chi connectivity index (χ4n) is 1.22. The summed E-state index contributed by atoms with van der Waals surface area (Å²) in [7, 11) is 0. The zero-order valence-corrected chi connectivity index (χ0v) is 11.5. The van der Waals surface area contributed by atoms with Gasteiger partial charge in [-0.15, -0.1) is 0 Å². The number of aliphatic carboxylic acids is 1. The third kappa shape index (κ3) is 4.34. The molecule has 0 aromatic carbocycles. The lowest BCUT2D eigenvalue weighted by Crippen LogP contribution is -2.41. The summed E-state index contributed by atoms with van der Waals surface area (Å²) in [5, 5.41) is 20.2. The zero-order valence-electron chi connectivity index (χ0n) is 9.96. The molecule has 0 bridgehead atoms. The van der Waals surface area contributed by atoms with Gasteiger partial charge < -0.3 is 15.5 Å². The van der Waals surface area contributed by atoms with Crippen molar-refractivity contribution in [1.29, 1.82) is 0 Å². The van der Waals surface area contributed by atoms with Crippen LogP contribution in [0.3, 0.4) is 0 Å². The Balaban J connectivity index is 2.90. The number of rotatable bonds is 6. The monoisotopic (exact) mass is 305 g/mol. The van der Waals surface area contributed by atoms with Gasteiger partial charge in [0.2, 0.25) is 0 Å². The van der Waals surface area contributed by atoms with E-state index in [1.54, 1.807) is 6.26 Å². The molecule has 3 N–H and O–H groups in total. The molecule has 1 amide bonds. The molecular weight excluding hydrogens is 294 g/mol. The van der Waals surface area contributed by atoms with E-state index in [0.717, 1.165) is 0 Å². The quantitative estimate of drug-likeness (QED) is 0.515. The van der Waals surface area contributed by atoms with Gasteiger partial charge in [0.1, 0.15) is 6.04 Å². The standard InChI is InChI=1S/C10H12ClN3O4S/c1-19-10-12-4-5(11)7(14-10)8(16)13-6(2-3-15)9(17)18/h4,6,15H,2-3H2,1H3,(H,13,16)(H,17,18). The molecule has 0 saturated heterocycles. The molecule has 0 aliphatic rings. The fraction of sp³-hybridized carbons (Fsp3) is 0.400. The topological polar surface area (TPSA) is 112 Å². The van der Waals surface area contributed by atoms with E-state index in [-0.39, 0.29) is 23.7 Å². The highest BCUT2D eigenvalue weighted by Crippen LogP contribution is 2.16. The van der Waals surface area contributed by atoms with Gasteiger partial charge in [-0.05, 0) is 6.26 Å². The first-order valence-corrected chi connectivity index (χ1v) is 6.81. The van der Waals surface area contributed by atoms with Crippen LogP contribution in [0.1, 0.15) is 16.9 Å². The smallest absolute Gasteiger partial charge is 0.326 e. The van der Waals surface area contributed by atoms with E-state index in [1.807, 2.05) is 0 Å². The van der Waals surface area contributed by atoms with Crippen molar-refractivity contribution in [3.05, 3.63) is 16.9 Å². The van der Waals surface area contributed by atoms with Crippen LogP contribution in [0.2, 0.25) is 5.02 Å². The number of aliphatic hydroxyl groups is 1. The predicted octanol–water partition coefficient (Wildman–Crippen LogP) is 0.417. The largest absolute Gasteiger partial charge is 0.480 e. The molecule has 1 aromatic rings. The molecule has 104 valence electrons. The lowest BCUT2D eigenvalue weighted by molar-refractivity contribution is -0.139. The second kappa shape index (κ2) is 7.27. The van der Waals surface area contributed by atoms with Crippen LogP contribution in [0.5, 0.6) is 0 Å². The van der Waals surface area contributed by atoms with Crippen molar-refractivity contribution < 1.29 is 19.8 Å². The number of hydrogen-bond donors (Lipinski definition) is 3. The molecular formula is C10H12ClN3O4S. The molecule has 19 heavy (non-hydrogen) atoms. The Labute approximate surface area is 118 Å². The number of halogens is 1. The van der Waals surface area contributed by atoms with Crippen molar-refractivity contribution in [3.63, 3.8) is 0 Å². The summed E-state index contributed by atoms with van der Waals surface area (Å²) in [6, 6.07) is -1.19. The summed E-state index contributed by atoms with van der Waals surface area (Å²) < 4.78 is 0. The second-order valence-electron chi connectivity index (χ2n) is 3.43. The lowest BCUT2D eigenvalue weighted by atomic mass is 10.2. The van der Waals surface area contributed by atoms with Gasteiger partial charge in [-0.3, -0.25) is 4.79 Å². The molecule has 0 aliphatic heterocycles. The molecule has 0 spiro atoms. The van der Waals surface area contributed by atoms with Crippen LogP contribution in [0, 0.1) is 0 Å². The van der Waals surface area contributed by atoms with Crippen molar-refractivity contribution in [2.45, 2.75) is 17.6 Å². The number of amides is 1. The average Bonchev–Trinajstić information content (AvgIpc) is 2.38. The number of thioether (sulfide) groups is 1. The van der Waals surface area contributed by atoms with E-state index >= 15 is 0 Å². The maximum atomic E-state index is 11.9. The Morgan fingerprint density at radius 2 is 2.26 bits per heavy atom. The summed E-state index contributed by atoms with van der Waals surface area (Å²) in [6.45, 7) is -0.356. The summed E-state index contributed by atoms with van der Waals surface area (Å²) >= 11 is 7.02. The van der Waals surface area contributed by atoms with E-state index in [0.29, 0.717) is 5.16 Å². The van der Waals surface area contributed by atoms with Gasteiger partial charge in [0.05, 0.1) is 11.2 Å². The van der Waals surface area contributed by atoms with E-state index < -0.39 is 17.9 Å². The SMILES string of the molecule is CSc1ncc(Cl)c(C(=O)NC(CCO)C(=O)O)n1. The molecule has 1 rings (SSSR count). The Kier molecular flexibility index (Phi) is 6.00. The van der Waals surface area contributed by atoms with Crippen LogP contribution in [-0.4, -0.2) is 51.0 Å². The molecule has 0 radical (unpaired) electrons. The van der Waals surface area contributed by atoms with Crippen molar-refractivity contribution in [1.82, 2.24) is 15.3 Å². The lowest BCUT2D eigenvalue weighted by Gasteiger charge is -2.13. The van der Waals surface area contributed by atoms with Crippen LogP contribution in [0.4, 0.5) is 0 Å². The molecule has 0 fully saturated rings. The van der Waals surface area contributed by atoms with Gasteiger partial charge in [-0.25, -0.2) is 14.8 Å². The number of nitrogens with one attached hydrogen (secondary N) is 1. The number of carboxylic acid groups (broad SMARTS) is 1. The Hall–Kier alpha value is -1.38. The number of nitrogens with zero attached hydrogens (tertiary/aromatic N) is 2. The summed E-state index contributed by atoms with van der Waals surface area (Å²) in [5.74, 6) is -1.96. The van der Waals surface area contributed by atoms with E-state index in [1.165, 1.54) is 18.0 Å². The first kappa shape index (κ1) is 15.7. The number of aliphatic hydroxyl groups excluding tert-OH is 1. The molecule has 7 nitrogen and oxygen atoms in total. The van der Waals surface area contributed by atoms with E-state index in [4.69, 9.17) is 21.8 Å². The van der Waals surface area contributed by atoms with Gasteiger partial charge in [0, 0.05) is 13.0 Å². The molecule has 0 saturated carbocycles. The highest BCUT2D eigenvalue weighted by Gasteiger charge is 2.22. The normalized spacial score (nSPS) is 11.9.